The summed E-state index contributed by atoms with van der Waals surface area (Å²) in [6.45, 7) is 9.32. The summed E-state index contributed by atoms with van der Waals surface area (Å²) in [5.74, 6) is 1.16. The predicted octanol–water partition coefficient (Wildman–Crippen LogP) is 4.89. The van der Waals surface area contributed by atoms with Crippen LogP contribution in [-0.4, -0.2) is 31.6 Å². The van der Waals surface area contributed by atoms with Crippen LogP contribution in [0.4, 0.5) is 11.4 Å². The molecule has 6 nitrogen and oxygen atoms in total. The third kappa shape index (κ3) is 4.75. The number of benzene rings is 2. The number of carbonyl (C=O) groups is 2. The van der Waals surface area contributed by atoms with Gasteiger partial charge in [-0.2, -0.15) is 0 Å². The highest BCUT2D eigenvalue weighted by Gasteiger charge is 2.37. The lowest BCUT2D eigenvalue weighted by Crippen LogP contribution is -2.42. The number of anilines is 2. The largest absolute Gasteiger partial charge is 0.494 e. The molecular weight excluding hydrogens is 380 g/mol. The van der Waals surface area contributed by atoms with Crippen LogP contribution in [-0.2, 0) is 4.79 Å². The maximum Gasteiger partial charge on any atom is 0.255 e. The summed E-state index contributed by atoms with van der Waals surface area (Å²) in [4.78, 5) is 27.2. The highest BCUT2D eigenvalue weighted by atomic mass is 16.5. The molecule has 0 radical (unpaired) electrons. The van der Waals surface area contributed by atoms with E-state index in [4.69, 9.17) is 9.47 Å². The zero-order chi connectivity index (χ0) is 21.7. The van der Waals surface area contributed by atoms with Crippen LogP contribution in [0.3, 0.4) is 0 Å². The van der Waals surface area contributed by atoms with E-state index < -0.39 is 5.41 Å². The van der Waals surface area contributed by atoms with Crippen molar-refractivity contribution in [3.63, 3.8) is 0 Å². The summed E-state index contributed by atoms with van der Waals surface area (Å²) >= 11 is 0. The number of carbonyl (C=O) groups excluding carboxylic acids is 2. The van der Waals surface area contributed by atoms with Crippen molar-refractivity contribution in [2.24, 2.45) is 5.41 Å². The van der Waals surface area contributed by atoms with Crippen LogP contribution in [0.5, 0.6) is 11.5 Å². The Labute approximate surface area is 178 Å². The smallest absolute Gasteiger partial charge is 0.255 e. The molecule has 2 aromatic carbocycles. The van der Waals surface area contributed by atoms with E-state index in [1.165, 1.54) is 0 Å². The van der Waals surface area contributed by atoms with E-state index >= 15 is 0 Å². The maximum absolute atomic E-state index is 12.8. The van der Waals surface area contributed by atoms with Crippen LogP contribution in [0.2, 0.25) is 0 Å². The average molecular weight is 411 g/mol. The number of amides is 2. The Morgan fingerprint density at radius 3 is 2.57 bits per heavy atom. The van der Waals surface area contributed by atoms with Gasteiger partial charge in [0.25, 0.3) is 5.91 Å². The highest BCUT2D eigenvalue weighted by Crippen LogP contribution is 2.38. The summed E-state index contributed by atoms with van der Waals surface area (Å²) in [7, 11) is 0. The molecule has 30 heavy (non-hydrogen) atoms. The van der Waals surface area contributed by atoms with Crippen molar-refractivity contribution in [3.05, 3.63) is 48.0 Å². The van der Waals surface area contributed by atoms with Crippen LogP contribution < -0.4 is 19.7 Å². The number of fused-ring (bicyclic) bond motifs is 1. The number of hydrogen-bond acceptors (Lipinski definition) is 4. The van der Waals surface area contributed by atoms with Crippen molar-refractivity contribution in [3.8, 4) is 11.5 Å². The number of ether oxygens (including phenoxy) is 2. The fourth-order valence-electron chi connectivity index (χ4n) is 3.28. The lowest BCUT2D eigenvalue weighted by atomic mass is 9.93. The third-order valence-corrected chi connectivity index (χ3v) is 5.12. The van der Waals surface area contributed by atoms with Gasteiger partial charge in [-0.3, -0.25) is 9.59 Å². The van der Waals surface area contributed by atoms with Crippen LogP contribution in [0.15, 0.2) is 42.5 Å². The van der Waals surface area contributed by atoms with Crippen molar-refractivity contribution < 1.29 is 19.1 Å². The van der Waals surface area contributed by atoms with Gasteiger partial charge in [0.1, 0.15) is 18.1 Å². The highest BCUT2D eigenvalue weighted by molar-refractivity contribution is 6.05. The molecule has 0 saturated heterocycles. The summed E-state index contributed by atoms with van der Waals surface area (Å²) in [5.41, 5.74) is 1.27. The molecule has 0 fully saturated rings. The van der Waals surface area contributed by atoms with E-state index in [1.54, 1.807) is 41.3 Å². The van der Waals surface area contributed by atoms with Crippen molar-refractivity contribution in [2.45, 2.75) is 40.5 Å². The number of hydrogen-bond donors (Lipinski definition) is 1. The van der Waals surface area contributed by atoms with E-state index in [2.05, 4.69) is 12.2 Å². The lowest BCUT2D eigenvalue weighted by molar-refractivity contribution is -0.127. The van der Waals surface area contributed by atoms with Crippen molar-refractivity contribution in [1.82, 2.24) is 0 Å². The summed E-state index contributed by atoms with van der Waals surface area (Å²) in [6, 6.07) is 12.5. The molecule has 0 aliphatic carbocycles. The SMILES string of the molecule is CCCCOc1ccc(C(=O)Nc2ccc3c(c2)OCC(C)(C)C(=O)N3CC)cc1. The molecule has 0 atom stereocenters. The van der Waals surface area contributed by atoms with Gasteiger partial charge in [0.05, 0.1) is 17.7 Å². The van der Waals surface area contributed by atoms with E-state index in [9.17, 15) is 9.59 Å². The molecular formula is C24H30N2O4. The quantitative estimate of drug-likeness (QED) is 0.660. The monoisotopic (exact) mass is 410 g/mol. The van der Waals surface area contributed by atoms with Crippen molar-refractivity contribution in [1.29, 1.82) is 0 Å². The van der Waals surface area contributed by atoms with Crippen LogP contribution in [0.25, 0.3) is 0 Å². The molecule has 3 rings (SSSR count). The molecule has 0 unspecified atom stereocenters. The van der Waals surface area contributed by atoms with Gasteiger partial charge in [-0.15, -0.1) is 0 Å². The molecule has 2 amide bonds. The van der Waals surface area contributed by atoms with Crippen molar-refractivity contribution >= 4 is 23.2 Å². The molecule has 2 aromatic rings. The molecule has 1 N–H and O–H groups in total. The molecule has 0 aromatic heterocycles. The molecule has 6 heteroatoms. The zero-order valence-electron chi connectivity index (χ0n) is 18.2. The minimum Gasteiger partial charge on any atom is -0.494 e. The molecule has 0 saturated carbocycles. The second kappa shape index (κ2) is 9.20. The second-order valence-electron chi connectivity index (χ2n) is 8.08. The molecule has 0 bridgehead atoms. The normalized spacial score (nSPS) is 15.1. The van der Waals surface area contributed by atoms with Gasteiger partial charge in [0, 0.05) is 23.9 Å². The minimum absolute atomic E-state index is 0.0294. The number of unbranched alkanes of at least 4 members (excludes halogenated alkanes) is 1. The number of nitrogens with zero attached hydrogens (tertiary/aromatic N) is 1. The fraction of sp³-hybridized carbons (Fsp3) is 0.417. The Morgan fingerprint density at radius 2 is 1.90 bits per heavy atom. The third-order valence-electron chi connectivity index (χ3n) is 5.12. The average Bonchev–Trinajstić information content (AvgIpc) is 2.83. The first-order chi connectivity index (χ1) is 14.4. The molecule has 160 valence electrons. The zero-order valence-corrected chi connectivity index (χ0v) is 18.2. The Bertz CT molecular complexity index is 906. The summed E-state index contributed by atoms with van der Waals surface area (Å²) in [6.07, 6.45) is 2.08. The van der Waals surface area contributed by atoms with Gasteiger partial charge in [-0.1, -0.05) is 13.3 Å². The van der Waals surface area contributed by atoms with Crippen LogP contribution >= 0.6 is 0 Å². The van der Waals surface area contributed by atoms with Gasteiger partial charge < -0.3 is 19.7 Å². The number of rotatable bonds is 7. The maximum atomic E-state index is 12.8. The Hall–Kier alpha value is -3.02. The van der Waals surface area contributed by atoms with Gasteiger partial charge in [0.2, 0.25) is 5.91 Å². The number of nitrogens with one attached hydrogen (secondary N) is 1. The van der Waals surface area contributed by atoms with Gasteiger partial charge >= 0.3 is 0 Å². The minimum atomic E-state index is -0.612. The second-order valence-corrected chi connectivity index (χ2v) is 8.08. The fourth-order valence-corrected chi connectivity index (χ4v) is 3.28. The first-order valence-corrected chi connectivity index (χ1v) is 10.5. The van der Waals surface area contributed by atoms with Crippen molar-refractivity contribution in [2.75, 3.05) is 30.0 Å². The van der Waals surface area contributed by atoms with E-state index in [-0.39, 0.29) is 18.4 Å². The Balaban J connectivity index is 1.73. The molecule has 1 aliphatic rings. The van der Waals surface area contributed by atoms with Crippen LogP contribution in [0, 0.1) is 5.41 Å². The molecule has 1 aliphatic heterocycles. The van der Waals surface area contributed by atoms with Gasteiger partial charge in [-0.25, -0.2) is 0 Å². The lowest BCUT2D eigenvalue weighted by Gasteiger charge is -2.26. The summed E-state index contributed by atoms with van der Waals surface area (Å²) in [5, 5.41) is 2.90. The topological polar surface area (TPSA) is 67.9 Å². The van der Waals surface area contributed by atoms with E-state index in [0.717, 1.165) is 24.3 Å². The van der Waals surface area contributed by atoms with E-state index in [0.29, 0.717) is 30.2 Å². The predicted molar refractivity (Wildman–Crippen MR) is 119 cm³/mol. The van der Waals surface area contributed by atoms with Crippen LogP contribution in [0.1, 0.15) is 50.9 Å². The van der Waals surface area contributed by atoms with E-state index in [1.807, 2.05) is 26.8 Å². The Kier molecular flexibility index (Phi) is 6.65. The molecule has 1 heterocycles. The summed E-state index contributed by atoms with van der Waals surface area (Å²) < 4.78 is 11.6. The Morgan fingerprint density at radius 1 is 1.17 bits per heavy atom. The van der Waals surface area contributed by atoms with Gasteiger partial charge in [-0.05, 0) is 63.6 Å². The first-order valence-electron chi connectivity index (χ1n) is 10.5. The first kappa shape index (κ1) is 21.7. The molecule has 0 spiro atoms. The van der Waals surface area contributed by atoms with Gasteiger partial charge in [0.15, 0.2) is 0 Å². The standard InChI is InChI=1S/C24H30N2O4/c1-5-7-14-29-19-11-8-17(9-12-19)22(27)25-18-10-13-20-21(15-18)30-16-24(3,4)23(28)26(20)6-2/h8-13,15H,5-7,14,16H2,1-4H3,(H,25,27).